The summed E-state index contributed by atoms with van der Waals surface area (Å²) in [4.78, 5) is 4.95. The van der Waals surface area contributed by atoms with Crippen molar-refractivity contribution in [3.05, 3.63) is 22.7 Å². The predicted octanol–water partition coefficient (Wildman–Crippen LogP) is 1.42. The molecule has 1 aromatic rings. The summed E-state index contributed by atoms with van der Waals surface area (Å²) in [7, 11) is 0. The van der Waals surface area contributed by atoms with Gasteiger partial charge in [0.25, 0.3) is 0 Å². The van der Waals surface area contributed by atoms with E-state index in [0.29, 0.717) is 0 Å². The minimum atomic E-state index is -0.855. The molecule has 0 atom stereocenters. The molecular weight excluding hydrogens is 146 g/mol. The molecule has 1 aromatic heterocycles. The van der Waals surface area contributed by atoms with E-state index in [0.717, 1.165) is 6.20 Å². The molecule has 48 valence electrons. The Balaban J connectivity index is 3.34. The van der Waals surface area contributed by atoms with Crippen molar-refractivity contribution in [2.45, 2.75) is 0 Å². The fourth-order valence-corrected chi connectivity index (χ4v) is 0.514. The van der Waals surface area contributed by atoms with Gasteiger partial charge in [-0.25, -0.2) is 4.98 Å². The molecule has 0 aliphatic rings. The third-order valence-corrected chi connectivity index (χ3v) is 0.982. The largest absolute Gasteiger partial charge is 0.318 e. The third kappa shape index (κ3) is 1.29. The second kappa shape index (κ2) is 2.18. The number of nitrogens with one attached hydrogen (secondary N) is 1. The summed E-state index contributed by atoms with van der Waals surface area (Å²) in [6, 6.07) is 0. The number of halogens is 2. The van der Waals surface area contributed by atoms with Crippen LogP contribution in [-0.2, 0) is 0 Å². The molecule has 0 amide bonds. The number of H-pyrrole nitrogens is 1. The van der Waals surface area contributed by atoms with Gasteiger partial charge in [0.2, 0.25) is 11.9 Å². The molecule has 0 aliphatic carbocycles. The zero-order valence-corrected chi connectivity index (χ0v) is 5.01. The van der Waals surface area contributed by atoms with Crippen LogP contribution in [0.1, 0.15) is 0 Å². The molecule has 1 heterocycles. The molecule has 0 bridgehead atoms. The Kier molecular flexibility index (Phi) is 1.52. The molecule has 0 unspecified atom stereocenters. The summed E-state index contributed by atoms with van der Waals surface area (Å²) in [5.41, 5.74) is 0. The van der Waals surface area contributed by atoms with E-state index in [2.05, 4.69) is 17.2 Å². The van der Waals surface area contributed by atoms with E-state index in [-0.39, 0.29) is 4.64 Å². The average molecular weight is 148 g/mol. The fourth-order valence-electron chi connectivity index (χ4n) is 0.364. The second-order valence-electron chi connectivity index (χ2n) is 1.35. The van der Waals surface area contributed by atoms with Crippen LogP contribution in [0.15, 0.2) is 6.20 Å². The Morgan fingerprint density at radius 3 is 2.67 bits per heavy atom. The molecule has 0 fully saturated rings. The van der Waals surface area contributed by atoms with Crippen LogP contribution in [-0.4, -0.2) is 9.97 Å². The van der Waals surface area contributed by atoms with Crippen molar-refractivity contribution >= 4 is 12.2 Å². The Labute approximate surface area is 54.6 Å². The maximum atomic E-state index is 12.1. The van der Waals surface area contributed by atoms with E-state index in [1.807, 2.05) is 4.98 Å². The van der Waals surface area contributed by atoms with Crippen molar-refractivity contribution in [1.29, 1.82) is 0 Å². The lowest BCUT2D eigenvalue weighted by atomic mass is 10.7. The van der Waals surface area contributed by atoms with Gasteiger partial charge < -0.3 is 4.98 Å². The topological polar surface area (TPSA) is 28.7 Å². The molecule has 9 heavy (non-hydrogen) atoms. The lowest BCUT2D eigenvalue weighted by Crippen LogP contribution is -1.89. The lowest BCUT2D eigenvalue weighted by Gasteiger charge is -1.86. The Bertz CT molecular complexity index is 270. The van der Waals surface area contributed by atoms with Crippen molar-refractivity contribution in [2.75, 3.05) is 0 Å². The van der Waals surface area contributed by atoms with Gasteiger partial charge in [0.05, 0.1) is 6.20 Å². The van der Waals surface area contributed by atoms with Gasteiger partial charge in [-0.2, -0.15) is 8.78 Å². The number of aromatic nitrogens is 2. The first-order chi connectivity index (χ1) is 4.20. The van der Waals surface area contributed by atoms with E-state index >= 15 is 0 Å². The van der Waals surface area contributed by atoms with Crippen LogP contribution in [0.5, 0.6) is 0 Å². The van der Waals surface area contributed by atoms with Gasteiger partial charge in [0.1, 0.15) is 0 Å². The molecule has 0 radical (unpaired) electrons. The number of rotatable bonds is 0. The number of hydrogen-bond acceptors (Lipinski definition) is 2. The molecule has 0 spiro atoms. The van der Waals surface area contributed by atoms with Crippen LogP contribution in [0.25, 0.3) is 0 Å². The minimum Gasteiger partial charge on any atom is -0.318 e. The van der Waals surface area contributed by atoms with Crippen LogP contribution >= 0.6 is 12.2 Å². The zero-order chi connectivity index (χ0) is 6.85. The van der Waals surface area contributed by atoms with E-state index < -0.39 is 11.9 Å². The van der Waals surface area contributed by atoms with Crippen LogP contribution < -0.4 is 0 Å². The smallest absolute Gasteiger partial charge is 0.248 e. The van der Waals surface area contributed by atoms with Crippen molar-refractivity contribution in [3.63, 3.8) is 0 Å². The van der Waals surface area contributed by atoms with Crippen LogP contribution in [0.3, 0.4) is 0 Å². The highest BCUT2D eigenvalue weighted by atomic mass is 32.1. The van der Waals surface area contributed by atoms with Crippen LogP contribution in [0.2, 0.25) is 0 Å². The molecule has 5 heteroatoms. The summed E-state index contributed by atoms with van der Waals surface area (Å²) in [6.07, 6.45) is 0.727. The normalized spacial score (nSPS) is 9.56. The van der Waals surface area contributed by atoms with Crippen molar-refractivity contribution in [2.24, 2.45) is 0 Å². The molecule has 0 saturated heterocycles. The van der Waals surface area contributed by atoms with Gasteiger partial charge in [-0.1, -0.05) is 12.2 Å². The molecule has 0 aromatic carbocycles. The first kappa shape index (κ1) is 6.28. The number of nitrogens with zero attached hydrogens (tertiary/aromatic N) is 1. The summed E-state index contributed by atoms with van der Waals surface area (Å²) in [5, 5.41) is 0. The highest BCUT2D eigenvalue weighted by Gasteiger charge is 1.94. The summed E-state index contributed by atoms with van der Waals surface area (Å²) in [5.74, 6) is -1.59. The van der Waals surface area contributed by atoms with Crippen molar-refractivity contribution in [1.82, 2.24) is 9.97 Å². The van der Waals surface area contributed by atoms with Crippen LogP contribution in [0.4, 0.5) is 8.78 Å². The van der Waals surface area contributed by atoms with Gasteiger partial charge >= 0.3 is 0 Å². The lowest BCUT2D eigenvalue weighted by molar-refractivity contribution is 0.523. The van der Waals surface area contributed by atoms with Crippen molar-refractivity contribution in [3.8, 4) is 0 Å². The SMILES string of the molecule is Fc1cnc(F)c(=S)[nH]1. The summed E-state index contributed by atoms with van der Waals surface area (Å²) in [6.45, 7) is 0. The Morgan fingerprint density at radius 1 is 1.56 bits per heavy atom. The fraction of sp³-hybridized carbons (Fsp3) is 0. The van der Waals surface area contributed by atoms with E-state index in [4.69, 9.17) is 0 Å². The second-order valence-corrected chi connectivity index (χ2v) is 1.76. The summed E-state index contributed by atoms with van der Waals surface area (Å²) >= 11 is 4.31. The maximum Gasteiger partial charge on any atom is 0.248 e. The van der Waals surface area contributed by atoms with Gasteiger partial charge in [0, 0.05) is 0 Å². The number of aromatic amines is 1. The van der Waals surface area contributed by atoms with E-state index in [1.54, 1.807) is 0 Å². The quantitative estimate of drug-likeness (QED) is 0.563. The highest BCUT2D eigenvalue weighted by molar-refractivity contribution is 7.71. The maximum absolute atomic E-state index is 12.1. The molecular formula is C4H2F2N2S. The molecule has 0 saturated carbocycles. The first-order valence-electron chi connectivity index (χ1n) is 2.10. The van der Waals surface area contributed by atoms with Crippen molar-refractivity contribution < 1.29 is 8.78 Å². The zero-order valence-electron chi connectivity index (χ0n) is 4.19. The monoisotopic (exact) mass is 148 g/mol. The van der Waals surface area contributed by atoms with E-state index in [1.165, 1.54) is 0 Å². The van der Waals surface area contributed by atoms with Gasteiger partial charge in [-0.15, -0.1) is 0 Å². The first-order valence-corrected chi connectivity index (χ1v) is 2.51. The van der Waals surface area contributed by atoms with Gasteiger partial charge in [-0.05, 0) is 0 Å². The highest BCUT2D eigenvalue weighted by Crippen LogP contribution is 1.93. The number of hydrogen-bond donors (Lipinski definition) is 1. The van der Waals surface area contributed by atoms with Gasteiger partial charge in [0.15, 0.2) is 4.64 Å². The Morgan fingerprint density at radius 2 is 2.22 bits per heavy atom. The average Bonchev–Trinajstić information content (AvgIpc) is 1.80. The van der Waals surface area contributed by atoms with E-state index in [9.17, 15) is 8.78 Å². The third-order valence-electron chi connectivity index (χ3n) is 0.712. The standard InChI is InChI=1S/C4H2F2N2S/c5-2-1-7-3(6)4(9)8-2/h1H,(H,8,9). The molecule has 1 rings (SSSR count). The molecule has 1 N–H and O–H groups in total. The van der Waals surface area contributed by atoms with Crippen LogP contribution in [0, 0.1) is 16.5 Å². The van der Waals surface area contributed by atoms with Gasteiger partial charge in [-0.3, -0.25) is 0 Å². The molecule has 2 nitrogen and oxygen atoms in total. The minimum absolute atomic E-state index is 0.310. The Hall–Kier alpha value is -0.840. The summed E-state index contributed by atoms with van der Waals surface area (Å²) < 4.78 is 23.8. The predicted molar refractivity (Wildman–Crippen MR) is 29.3 cm³/mol. The molecule has 0 aliphatic heterocycles.